The van der Waals surface area contributed by atoms with Crippen molar-refractivity contribution in [2.75, 3.05) is 25.1 Å². The van der Waals surface area contributed by atoms with Gasteiger partial charge in [-0.2, -0.15) is 5.10 Å². The van der Waals surface area contributed by atoms with Crippen molar-refractivity contribution in [2.45, 2.75) is 20.3 Å². The van der Waals surface area contributed by atoms with Gasteiger partial charge in [-0.25, -0.2) is 19.4 Å². The van der Waals surface area contributed by atoms with Gasteiger partial charge >= 0.3 is 6.03 Å². The first-order chi connectivity index (χ1) is 11.2. The highest BCUT2D eigenvalue weighted by molar-refractivity contribution is 5.90. The number of aromatic nitrogens is 4. The molecular weight excluding hydrogens is 296 g/mol. The lowest BCUT2D eigenvalue weighted by molar-refractivity contribution is 0.108. The number of nitrogens with zero attached hydrogens (tertiary/aromatic N) is 4. The van der Waals surface area contributed by atoms with E-state index >= 15 is 0 Å². The largest absolute Gasteiger partial charge is 0.381 e. The minimum Gasteiger partial charge on any atom is -0.381 e. The van der Waals surface area contributed by atoms with Gasteiger partial charge in [0.25, 0.3) is 0 Å². The summed E-state index contributed by atoms with van der Waals surface area (Å²) in [5, 5.41) is 9.57. The summed E-state index contributed by atoms with van der Waals surface area (Å²) in [7, 11) is 0. The van der Waals surface area contributed by atoms with Gasteiger partial charge in [-0.15, -0.1) is 0 Å². The molecule has 2 rings (SSSR count). The number of hydrogen-bond donors (Lipinski definition) is 2. The predicted molar refractivity (Wildman–Crippen MR) is 86.4 cm³/mol. The molecule has 8 heteroatoms. The van der Waals surface area contributed by atoms with Gasteiger partial charge in [0.1, 0.15) is 12.7 Å². The maximum absolute atomic E-state index is 11.9. The Morgan fingerprint density at radius 1 is 1.43 bits per heavy atom. The number of ether oxygens (including phenoxy) is 1. The van der Waals surface area contributed by atoms with E-state index in [4.69, 9.17) is 4.74 Å². The van der Waals surface area contributed by atoms with Crippen LogP contribution in [0.25, 0.3) is 5.82 Å². The molecule has 0 aliphatic rings. The Bertz CT molecular complexity index is 600. The zero-order valence-electron chi connectivity index (χ0n) is 13.4. The zero-order valence-corrected chi connectivity index (χ0v) is 13.4. The van der Waals surface area contributed by atoms with E-state index in [0.717, 1.165) is 13.0 Å². The summed E-state index contributed by atoms with van der Waals surface area (Å²) >= 11 is 0. The Kier molecular flexibility index (Phi) is 6.49. The molecule has 0 atom stereocenters. The fraction of sp³-hybridized carbons (Fsp3) is 0.467. The summed E-state index contributed by atoms with van der Waals surface area (Å²) in [4.78, 5) is 20.0. The molecule has 2 amide bonds. The van der Waals surface area contributed by atoms with Crippen LogP contribution >= 0.6 is 0 Å². The Hall–Kier alpha value is -2.48. The first-order valence-corrected chi connectivity index (χ1v) is 7.59. The van der Waals surface area contributed by atoms with Gasteiger partial charge in [0.2, 0.25) is 0 Å². The Labute approximate surface area is 135 Å². The van der Waals surface area contributed by atoms with Crippen LogP contribution in [0.1, 0.15) is 20.3 Å². The van der Waals surface area contributed by atoms with E-state index in [-0.39, 0.29) is 6.03 Å². The Balaban J connectivity index is 1.78. The van der Waals surface area contributed by atoms with Crippen LogP contribution in [0.5, 0.6) is 0 Å². The molecule has 0 unspecified atom stereocenters. The van der Waals surface area contributed by atoms with E-state index in [0.29, 0.717) is 30.6 Å². The van der Waals surface area contributed by atoms with Crippen molar-refractivity contribution in [2.24, 2.45) is 5.92 Å². The normalized spacial score (nSPS) is 10.7. The monoisotopic (exact) mass is 318 g/mol. The van der Waals surface area contributed by atoms with Crippen LogP contribution in [-0.2, 0) is 4.74 Å². The Morgan fingerprint density at radius 2 is 2.30 bits per heavy atom. The molecule has 2 aromatic rings. The lowest BCUT2D eigenvalue weighted by atomic mass is 10.2. The van der Waals surface area contributed by atoms with Crippen molar-refractivity contribution < 1.29 is 9.53 Å². The van der Waals surface area contributed by atoms with E-state index in [1.165, 1.54) is 17.3 Å². The highest BCUT2D eigenvalue weighted by atomic mass is 16.5. The molecule has 0 fully saturated rings. The van der Waals surface area contributed by atoms with Crippen LogP contribution in [0, 0.1) is 5.92 Å². The molecule has 2 aromatic heterocycles. The molecule has 0 aliphatic carbocycles. The molecule has 0 radical (unpaired) electrons. The van der Waals surface area contributed by atoms with Crippen molar-refractivity contribution in [3.05, 3.63) is 31.0 Å². The average Bonchev–Trinajstić information content (AvgIpc) is 3.05. The molecule has 8 nitrogen and oxygen atoms in total. The van der Waals surface area contributed by atoms with Gasteiger partial charge in [-0.05, 0) is 24.5 Å². The Morgan fingerprint density at radius 3 is 3.04 bits per heavy atom. The number of carbonyl (C=O) groups excluding carboxylic acids is 1. The molecule has 2 N–H and O–H groups in total. The molecule has 0 aromatic carbocycles. The van der Waals surface area contributed by atoms with E-state index in [1.54, 1.807) is 18.3 Å². The fourth-order valence-corrected chi connectivity index (χ4v) is 1.86. The maximum Gasteiger partial charge on any atom is 0.319 e. The van der Waals surface area contributed by atoms with Gasteiger partial charge < -0.3 is 15.4 Å². The molecule has 2 heterocycles. The standard InChI is InChI=1S/C15H22N6O2/c1-12(2)9-23-8-4-7-18-15(22)20-13-5-3-6-17-14(13)21-11-16-10-19-21/h3,5-6,10-12H,4,7-9H2,1-2H3,(H2,18,20,22). The van der Waals surface area contributed by atoms with Gasteiger partial charge in [0.05, 0.1) is 5.69 Å². The summed E-state index contributed by atoms with van der Waals surface area (Å²) in [6.45, 7) is 6.13. The molecule has 124 valence electrons. The number of anilines is 1. The number of rotatable bonds is 8. The van der Waals surface area contributed by atoms with Gasteiger partial charge in [-0.3, -0.25) is 0 Å². The lowest BCUT2D eigenvalue weighted by Crippen LogP contribution is -2.30. The number of urea groups is 1. The molecule has 0 saturated heterocycles. The van der Waals surface area contributed by atoms with E-state index in [2.05, 4.69) is 39.5 Å². The van der Waals surface area contributed by atoms with E-state index in [1.807, 2.05) is 0 Å². The first-order valence-electron chi connectivity index (χ1n) is 7.59. The van der Waals surface area contributed by atoms with Crippen molar-refractivity contribution in [1.29, 1.82) is 0 Å². The van der Waals surface area contributed by atoms with Crippen LogP contribution in [0.4, 0.5) is 10.5 Å². The van der Waals surface area contributed by atoms with Crippen molar-refractivity contribution in [3.8, 4) is 5.82 Å². The van der Waals surface area contributed by atoms with Gasteiger partial charge in [0.15, 0.2) is 5.82 Å². The summed E-state index contributed by atoms with van der Waals surface area (Å²) in [5.41, 5.74) is 0.562. The highest BCUT2D eigenvalue weighted by Gasteiger charge is 2.09. The van der Waals surface area contributed by atoms with Crippen molar-refractivity contribution in [1.82, 2.24) is 25.1 Å². The van der Waals surface area contributed by atoms with Crippen molar-refractivity contribution >= 4 is 11.7 Å². The molecule has 0 spiro atoms. The summed E-state index contributed by atoms with van der Waals surface area (Å²) in [6, 6.07) is 3.22. The van der Waals surface area contributed by atoms with E-state index in [9.17, 15) is 4.79 Å². The number of carbonyl (C=O) groups is 1. The molecule has 0 bridgehead atoms. The minimum absolute atomic E-state index is 0.289. The smallest absolute Gasteiger partial charge is 0.319 e. The third kappa shape index (κ3) is 5.67. The lowest BCUT2D eigenvalue weighted by Gasteiger charge is -2.11. The van der Waals surface area contributed by atoms with Crippen LogP contribution in [0.15, 0.2) is 31.0 Å². The first kappa shape index (κ1) is 16.9. The summed E-state index contributed by atoms with van der Waals surface area (Å²) in [6.07, 6.45) is 5.34. The quantitative estimate of drug-likeness (QED) is 0.724. The SMILES string of the molecule is CC(C)COCCCNC(=O)Nc1cccnc1-n1cncn1. The number of hydrogen-bond acceptors (Lipinski definition) is 5. The molecule has 23 heavy (non-hydrogen) atoms. The van der Waals surface area contributed by atoms with Crippen LogP contribution in [0.3, 0.4) is 0 Å². The molecule has 0 aliphatic heterocycles. The third-order valence-corrected chi connectivity index (χ3v) is 2.87. The zero-order chi connectivity index (χ0) is 16.5. The second-order valence-electron chi connectivity index (χ2n) is 5.42. The topological polar surface area (TPSA) is 94.0 Å². The second kappa shape index (κ2) is 8.84. The average molecular weight is 318 g/mol. The minimum atomic E-state index is -0.289. The number of pyridine rings is 1. The highest BCUT2D eigenvalue weighted by Crippen LogP contribution is 2.15. The summed E-state index contributed by atoms with van der Waals surface area (Å²) < 4.78 is 6.96. The van der Waals surface area contributed by atoms with Crippen LogP contribution in [0.2, 0.25) is 0 Å². The van der Waals surface area contributed by atoms with Crippen molar-refractivity contribution in [3.63, 3.8) is 0 Å². The maximum atomic E-state index is 11.9. The van der Waals surface area contributed by atoms with Crippen LogP contribution < -0.4 is 10.6 Å². The second-order valence-corrected chi connectivity index (χ2v) is 5.42. The predicted octanol–water partition coefficient (Wildman–Crippen LogP) is 1.85. The van der Waals surface area contributed by atoms with Crippen LogP contribution in [-0.4, -0.2) is 45.5 Å². The molecule has 0 saturated carbocycles. The molecular formula is C15H22N6O2. The van der Waals surface area contributed by atoms with Gasteiger partial charge in [-0.1, -0.05) is 13.8 Å². The summed E-state index contributed by atoms with van der Waals surface area (Å²) in [5.74, 6) is 1.03. The van der Waals surface area contributed by atoms with E-state index < -0.39 is 0 Å². The third-order valence-electron chi connectivity index (χ3n) is 2.87. The number of nitrogens with one attached hydrogen (secondary N) is 2. The van der Waals surface area contributed by atoms with Gasteiger partial charge in [0, 0.05) is 26.0 Å². The number of amides is 2. The fourth-order valence-electron chi connectivity index (χ4n) is 1.86.